The molecule has 1 amide bonds. The highest BCUT2D eigenvalue weighted by Crippen LogP contribution is 2.23. The molecule has 0 aromatic heterocycles. The van der Waals surface area contributed by atoms with Gasteiger partial charge in [0.15, 0.2) is 0 Å². The third-order valence-electron chi connectivity index (χ3n) is 6.47. The van der Waals surface area contributed by atoms with Crippen molar-refractivity contribution in [2.45, 2.75) is 38.1 Å². The van der Waals surface area contributed by atoms with Gasteiger partial charge < -0.3 is 5.32 Å². The van der Waals surface area contributed by atoms with Gasteiger partial charge >= 0.3 is 0 Å². The molecule has 1 aliphatic rings. The summed E-state index contributed by atoms with van der Waals surface area (Å²) in [5, 5.41) is 3.67. The van der Waals surface area contributed by atoms with Crippen LogP contribution in [0.15, 0.2) is 71.6 Å². The predicted molar refractivity (Wildman–Crippen MR) is 141 cm³/mol. The van der Waals surface area contributed by atoms with E-state index in [2.05, 4.69) is 14.9 Å². The van der Waals surface area contributed by atoms with Gasteiger partial charge in [0.05, 0.1) is 4.90 Å². The molecule has 0 aliphatic carbocycles. The van der Waals surface area contributed by atoms with E-state index in [9.17, 15) is 13.2 Å². The Morgan fingerprint density at radius 3 is 2.17 bits per heavy atom. The Hall–Kier alpha value is -2.87. The zero-order chi connectivity index (χ0) is 25.0. The lowest BCUT2D eigenvalue weighted by atomic mass is 9.95. The molecular weight excluding hydrogens is 482 g/mol. The second-order valence-electron chi connectivity index (χ2n) is 9.10. The van der Waals surface area contributed by atoms with Crippen molar-refractivity contribution in [2.24, 2.45) is 5.92 Å². The monoisotopic (exact) mass is 511 g/mol. The summed E-state index contributed by atoms with van der Waals surface area (Å²) in [5.41, 5.74) is 4.43. The van der Waals surface area contributed by atoms with E-state index in [0.29, 0.717) is 11.4 Å². The van der Waals surface area contributed by atoms with Crippen LogP contribution in [-0.4, -0.2) is 32.3 Å². The number of benzene rings is 3. The minimum Gasteiger partial charge on any atom is -0.326 e. The molecule has 3 aromatic carbocycles. The molecule has 4 rings (SSSR count). The van der Waals surface area contributed by atoms with E-state index in [1.165, 1.54) is 17.7 Å². The molecule has 184 valence electrons. The number of rotatable bonds is 7. The van der Waals surface area contributed by atoms with Crippen LogP contribution in [0.3, 0.4) is 0 Å². The van der Waals surface area contributed by atoms with Crippen molar-refractivity contribution < 1.29 is 13.2 Å². The normalized spacial score (nSPS) is 15.1. The molecule has 35 heavy (non-hydrogen) atoms. The number of hydrogen-bond donors (Lipinski definition) is 2. The van der Waals surface area contributed by atoms with E-state index in [4.69, 9.17) is 11.6 Å². The number of nitrogens with zero attached hydrogens (tertiary/aromatic N) is 1. The van der Waals surface area contributed by atoms with Crippen molar-refractivity contribution in [2.75, 3.05) is 23.1 Å². The van der Waals surface area contributed by atoms with Crippen LogP contribution in [-0.2, 0) is 21.4 Å². The van der Waals surface area contributed by atoms with Crippen molar-refractivity contribution in [3.05, 3.63) is 88.4 Å². The number of anilines is 2. The summed E-state index contributed by atoms with van der Waals surface area (Å²) >= 11 is 5.96. The number of likely N-dealkylation sites (tertiary alicyclic amines) is 1. The fourth-order valence-electron chi connectivity index (χ4n) is 4.18. The van der Waals surface area contributed by atoms with E-state index in [1.54, 1.807) is 18.2 Å². The van der Waals surface area contributed by atoms with Crippen LogP contribution in [0.1, 0.15) is 29.5 Å². The second-order valence-corrected chi connectivity index (χ2v) is 11.2. The summed E-state index contributed by atoms with van der Waals surface area (Å²) < 4.78 is 28.1. The number of amides is 1. The van der Waals surface area contributed by atoms with Gasteiger partial charge in [-0.15, -0.1) is 0 Å². The average Bonchev–Trinajstić information content (AvgIpc) is 2.83. The van der Waals surface area contributed by atoms with Gasteiger partial charge in [-0.1, -0.05) is 29.8 Å². The van der Waals surface area contributed by atoms with Gasteiger partial charge in [-0.05, 0) is 105 Å². The smallest absolute Gasteiger partial charge is 0.261 e. The number of carbonyl (C=O) groups is 1. The fourth-order valence-corrected chi connectivity index (χ4v) is 5.36. The molecule has 1 fully saturated rings. The minimum atomic E-state index is -3.72. The largest absolute Gasteiger partial charge is 0.326 e. The van der Waals surface area contributed by atoms with Crippen molar-refractivity contribution in [1.29, 1.82) is 0 Å². The summed E-state index contributed by atoms with van der Waals surface area (Å²) in [6, 6.07) is 19.6. The first-order valence-corrected chi connectivity index (χ1v) is 13.5. The molecule has 0 atom stereocenters. The third-order valence-corrected chi connectivity index (χ3v) is 8.12. The summed E-state index contributed by atoms with van der Waals surface area (Å²) in [5.74, 6) is -0.0914. The Morgan fingerprint density at radius 1 is 0.914 bits per heavy atom. The Morgan fingerprint density at radius 2 is 1.54 bits per heavy atom. The van der Waals surface area contributed by atoms with Crippen molar-refractivity contribution >= 4 is 38.9 Å². The fraction of sp³-hybridized carbons (Fsp3) is 0.296. The van der Waals surface area contributed by atoms with Crippen LogP contribution >= 0.6 is 11.6 Å². The molecule has 3 aromatic rings. The number of nitrogens with one attached hydrogen (secondary N) is 2. The molecule has 8 heteroatoms. The maximum atomic E-state index is 12.8. The molecule has 0 radical (unpaired) electrons. The zero-order valence-corrected chi connectivity index (χ0v) is 21.5. The van der Waals surface area contributed by atoms with Gasteiger partial charge in [0.2, 0.25) is 5.91 Å². The Labute approximate surface area is 212 Å². The SMILES string of the molecule is Cc1ccc(NS(=O)(=O)c2ccc(NC(=O)C3CCN(Cc4ccc(Cl)cc4)CC3)cc2)cc1C. The van der Waals surface area contributed by atoms with Gasteiger partial charge in [0.25, 0.3) is 10.0 Å². The van der Waals surface area contributed by atoms with Crippen LogP contribution in [0.5, 0.6) is 0 Å². The molecule has 6 nitrogen and oxygen atoms in total. The standard InChI is InChI=1S/C27H30ClN3O3S/c1-19-3-8-25(17-20(19)2)30-35(33,34)26-11-9-24(10-12-26)29-27(32)22-13-15-31(16-14-22)18-21-4-6-23(28)7-5-21/h3-12,17,22,30H,13-16,18H2,1-2H3,(H,29,32). The number of aryl methyl sites for hydroxylation is 2. The maximum absolute atomic E-state index is 12.8. The maximum Gasteiger partial charge on any atom is 0.261 e. The summed E-state index contributed by atoms with van der Waals surface area (Å²) in [4.78, 5) is 15.3. The lowest BCUT2D eigenvalue weighted by Gasteiger charge is -2.31. The molecule has 0 spiro atoms. The lowest BCUT2D eigenvalue weighted by Crippen LogP contribution is -2.37. The van der Waals surface area contributed by atoms with Crippen LogP contribution in [0.4, 0.5) is 11.4 Å². The quantitative estimate of drug-likeness (QED) is 0.432. The van der Waals surface area contributed by atoms with Gasteiger partial charge in [-0.2, -0.15) is 0 Å². The highest BCUT2D eigenvalue weighted by Gasteiger charge is 2.25. The molecular formula is C27H30ClN3O3S. The first kappa shape index (κ1) is 25.2. The van der Waals surface area contributed by atoms with Crippen molar-refractivity contribution in [1.82, 2.24) is 4.90 Å². The van der Waals surface area contributed by atoms with Crippen molar-refractivity contribution in [3.63, 3.8) is 0 Å². The second kappa shape index (κ2) is 10.8. The van der Waals surface area contributed by atoms with Crippen LogP contribution in [0.2, 0.25) is 5.02 Å². The zero-order valence-electron chi connectivity index (χ0n) is 19.9. The number of carbonyl (C=O) groups excluding carboxylic acids is 1. The Kier molecular flexibility index (Phi) is 7.79. The number of halogens is 1. The minimum absolute atomic E-state index is 0.0278. The van der Waals surface area contributed by atoms with Crippen LogP contribution < -0.4 is 10.0 Å². The highest BCUT2D eigenvalue weighted by molar-refractivity contribution is 7.92. The Balaban J connectivity index is 1.30. The van der Waals surface area contributed by atoms with E-state index in [1.807, 2.05) is 50.2 Å². The highest BCUT2D eigenvalue weighted by atomic mass is 35.5. The van der Waals surface area contributed by atoms with Gasteiger partial charge in [-0.3, -0.25) is 14.4 Å². The summed E-state index contributed by atoms with van der Waals surface area (Å²) in [6.07, 6.45) is 1.57. The molecule has 1 heterocycles. The van der Waals surface area contributed by atoms with Gasteiger partial charge in [0, 0.05) is 28.9 Å². The molecule has 1 saturated heterocycles. The number of hydrogen-bond acceptors (Lipinski definition) is 4. The van der Waals surface area contributed by atoms with E-state index < -0.39 is 10.0 Å². The predicted octanol–water partition coefficient (Wildman–Crippen LogP) is 5.61. The Bertz CT molecular complexity index is 1280. The van der Waals surface area contributed by atoms with Crippen molar-refractivity contribution in [3.8, 4) is 0 Å². The molecule has 0 bridgehead atoms. The lowest BCUT2D eigenvalue weighted by molar-refractivity contribution is -0.121. The summed E-state index contributed by atoms with van der Waals surface area (Å²) in [6.45, 7) is 6.46. The topological polar surface area (TPSA) is 78.5 Å². The van der Waals surface area contributed by atoms with Gasteiger partial charge in [0.1, 0.15) is 0 Å². The van der Waals surface area contributed by atoms with Crippen LogP contribution in [0, 0.1) is 19.8 Å². The average molecular weight is 512 g/mol. The van der Waals surface area contributed by atoms with Gasteiger partial charge in [-0.25, -0.2) is 8.42 Å². The first-order chi connectivity index (χ1) is 16.7. The first-order valence-electron chi connectivity index (χ1n) is 11.7. The molecule has 1 aliphatic heterocycles. The van der Waals surface area contributed by atoms with E-state index in [-0.39, 0.29) is 16.7 Å². The van der Waals surface area contributed by atoms with Crippen LogP contribution in [0.25, 0.3) is 0 Å². The summed E-state index contributed by atoms with van der Waals surface area (Å²) in [7, 11) is -3.72. The van der Waals surface area contributed by atoms with E-state index >= 15 is 0 Å². The third kappa shape index (κ3) is 6.63. The molecule has 2 N–H and O–H groups in total. The molecule has 0 unspecified atom stereocenters. The number of sulfonamides is 1. The molecule has 0 saturated carbocycles. The number of piperidine rings is 1. The van der Waals surface area contributed by atoms with E-state index in [0.717, 1.165) is 48.6 Å².